The summed E-state index contributed by atoms with van der Waals surface area (Å²) in [6.07, 6.45) is 3.25. The van der Waals surface area contributed by atoms with E-state index in [-0.39, 0.29) is 30.7 Å². The highest BCUT2D eigenvalue weighted by Crippen LogP contribution is 2.33. The van der Waals surface area contributed by atoms with Gasteiger partial charge in [0.05, 0.1) is 5.92 Å². The fourth-order valence-electron chi connectivity index (χ4n) is 3.04. The van der Waals surface area contributed by atoms with Crippen molar-refractivity contribution < 1.29 is 23.8 Å². The third kappa shape index (κ3) is 3.16. The van der Waals surface area contributed by atoms with Gasteiger partial charge in [0, 0.05) is 38.5 Å². The van der Waals surface area contributed by atoms with Crippen LogP contribution in [0.25, 0.3) is 0 Å². The molecule has 2 aromatic heterocycles. The number of carboxylic acid groups (broad SMARTS) is 1. The van der Waals surface area contributed by atoms with Crippen LogP contribution in [0.3, 0.4) is 0 Å². The van der Waals surface area contributed by atoms with E-state index in [1.807, 2.05) is 0 Å². The first kappa shape index (κ1) is 16.2. The Balaban J connectivity index is 1.79. The molecule has 0 bridgehead atoms. The standard InChI is InChI=1S/C17H18N2O5/c1-23-10-12-2-3-15(24-12)16(20)19-8-13(14(9-19)17(21)22)11-4-6-18-7-5-11/h2-7,13-14H,8-10H2,1H3,(H,21,22)/t13-,14+/m1/s1. The molecule has 2 aromatic rings. The molecule has 0 aromatic carbocycles. The third-order valence-electron chi connectivity index (χ3n) is 4.22. The first-order valence-electron chi connectivity index (χ1n) is 7.59. The van der Waals surface area contributed by atoms with Crippen LogP contribution in [0, 0.1) is 5.92 Å². The first-order valence-corrected chi connectivity index (χ1v) is 7.59. The van der Waals surface area contributed by atoms with Crippen molar-refractivity contribution in [3.63, 3.8) is 0 Å². The van der Waals surface area contributed by atoms with Gasteiger partial charge in [-0.05, 0) is 29.8 Å². The summed E-state index contributed by atoms with van der Waals surface area (Å²) in [4.78, 5) is 29.7. The van der Waals surface area contributed by atoms with Gasteiger partial charge < -0.3 is 19.2 Å². The van der Waals surface area contributed by atoms with Crippen LogP contribution in [0.15, 0.2) is 41.1 Å². The van der Waals surface area contributed by atoms with E-state index in [0.717, 1.165) is 5.56 Å². The van der Waals surface area contributed by atoms with Crippen molar-refractivity contribution in [2.75, 3.05) is 20.2 Å². The largest absolute Gasteiger partial charge is 0.481 e. The Morgan fingerprint density at radius 3 is 2.71 bits per heavy atom. The van der Waals surface area contributed by atoms with Crippen molar-refractivity contribution in [2.45, 2.75) is 12.5 Å². The van der Waals surface area contributed by atoms with Crippen molar-refractivity contribution in [3.8, 4) is 0 Å². The van der Waals surface area contributed by atoms with Crippen LogP contribution >= 0.6 is 0 Å². The lowest BCUT2D eigenvalue weighted by molar-refractivity contribution is -0.141. The van der Waals surface area contributed by atoms with E-state index in [2.05, 4.69) is 4.98 Å². The van der Waals surface area contributed by atoms with Crippen LogP contribution in [0.2, 0.25) is 0 Å². The highest BCUT2D eigenvalue weighted by molar-refractivity contribution is 5.92. The van der Waals surface area contributed by atoms with E-state index in [4.69, 9.17) is 9.15 Å². The Hall–Kier alpha value is -2.67. The maximum atomic E-state index is 12.6. The summed E-state index contributed by atoms with van der Waals surface area (Å²) in [5, 5.41) is 9.50. The molecule has 1 N–H and O–H groups in total. The molecule has 1 fully saturated rings. The molecule has 0 unspecified atom stereocenters. The molecule has 0 spiro atoms. The molecule has 1 aliphatic heterocycles. The van der Waals surface area contributed by atoms with Crippen molar-refractivity contribution >= 4 is 11.9 Å². The molecule has 7 heteroatoms. The van der Waals surface area contributed by atoms with Gasteiger partial charge in [-0.2, -0.15) is 0 Å². The Morgan fingerprint density at radius 1 is 1.29 bits per heavy atom. The zero-order valence-corrected chi connectivity index (χ0v) is 13.2. The lowest BCUT2D eigenvalue weighted by atomic mass is 9.90. The van der Waals surface area contributed by atoms with Crippen molar-refractivity contribution in [1.29, 1.82) is 0 Å². The summed E-state index contributed by atoms with van der Waals surface area (Å²) >= 11 is 0. The predicted octanol–water partition coefficient (Wildman–Crippen LogP) is 1.76. The molecule has 0 aliphatic carbocycles. The second-order valence-corrected chi connectivity index (χ2v) is 5.74. The predicted molar refractivity (Wildman–Crippen MR) is 83.4 cm³/mol. The quantitative estimate of drug-likeness (QED) is 0.898. The van der Waals surface area contributed by atoms with Gasteiger partial charge in [0.25, 0.3) is 5.91 Å². The third-order valence-corrected chi connectivity index (χ3v) is 4.22. The van der Waals surface area contributed by atoms with Crippen molar-refractivity contribution in [1.82, 2.24) is 9.88 Å². The minimum atomic E-state index is -0.911. The van der Waals surface area contributed by atoms with Crippen LogP contribution < -0.4 is 0 Å². The maximum absolute atomic E-state index is 12.6. The summed E-state index contributed by atoms with van der Waals surface area (Å²) in [7, 11) is 1.54. The van der Waals surface area contributed by atoms with Gasteiger partial charge in [-0.1, -0.05) is 0 Å². The molecule has 1 aliphatic rings. The SMILES string of the molecule is COCc1ccc(C(=O)N2C[C@H](C(=O)O)[C@@H](c3ccncc3)C2)o1. The number of ether oxygens (including phenoxy) is 1. The van der Waals surface area contributed by atoms with Crippen LogP contribution in [-0.2, 0) is 16.1 Å². The molecule has 126 valence electrons. The number of hydrogen-bond donors (Lipinski definition) is 1. The number of aromatic nitrogens is 1. The van der Waals surface area contributed by atoms with E-state index >= 15 is 0 Å². The number of furan rings is 1. The van der Waals surface area contributed by atoms with Gasteiger partial charge >= 0.3 is 5.97 Å². The monoisotopic (exact) mass is 330 g/mol. The molecular formula is C17H18N2O5. The summed E-state index contributed by atoms with van der Waals surface area (Å²) in [6.45, 7) is 0.770. The van der Waals surface area contributed by atoms with E-state index < -0.39 is 11.9 Å². The smallest absolute Gasteiger partial charge is 0.308 e. The van der Waals surface area contributed by atoms with Crippen LogP contribution in [0.5, 0.6) is 0 Å². The fourth-order valence-corrected chi connectivity index (χ4v) is 3.04. The van der Waals surface area contributed by atoms with Crippen LogP contribution in [-0.4, -0.2) is 47.1 Å². The summed E-state index contributed by atoms with van der Waals surface area (Å²) in [5.41, 5.74) is 0.868. The highest BCUT2D eigenvalue weighted by atomic mass is 16.5. The van der Waals surface area contributed by atoms with Crippen molar-refractivity contribution in [3.05, 3.63) is 53.7 Å². The number of hydrogen-bond acceptors (Lipinski definition) is 5. The van der Waals surface area contributed by atoms with E-state index in [9.17, 15) is 14.7 Å². The fraction of sp³-hybridized carbons (Fsp3) is 0.353. The number of carbonyl (C=O) groups is 2. The maximum Gasteiger partial charge on any atom is 0.308 e. The number of amides is 1. The molecule has 0 radical (unpaired) electrons. The minimum Gasteiger partial charge on any atom is -0.481 e. The first-order chi connectivity index (χ1) is 11.6. The molecule has 1 saturated heterocycles. The Kier molecular flexibility index (Phi) is 4.61. The van der Waals surface area contributed by atoms with Crippen LogP contribution in [0.4, 0.5) is 0 Å². The second-order valence-electron chi connectivity index (χ2n) is 5.74. The van der Waals surface area contributed by atoms with Gasteiger partial charge in [-0.25, -0.2) is 0 Å². The highest BCUT2D eigenvalue weighted by Gasteiger charge is 2.41. The van der Waals surface area contributed by atoms with E-state index in [1.54, 1.807) is 43.8 Å². The van der Waals surface area contributed by atoms with E-state index in [0.29, 0.717) is 12.3 Å². The number of carbonyl (C=O) groups excluding carboxylic acids is 1. The topological polar surface area (TPSA) is 92.9 Å². The van der Waals surface area contributed by atoms with Gasteiger partial charge in [0.1, 0.15) is 12.4 Å². The van der Waals surface area contributed by atoms with Crippen LogP contribution in [0.1, 0.15) is 27.8 Å². The number of pyridine rings is 1. The summed E-state index contributed by atoms with van der Waals surface area (Å²) in [6, 6.07) is 6.85. The Bertz CT molecular complexity index is 728. The zero-order chi connectivity index (χ0) is 17.1. The average Bonchev–Trinajstić information content (AvgIpc) is 3.22. The average molecular weight is 330 g/mol. The van der Waals surface area contributed by atoms with Crippen molar-refractivity contribution in [2.24, 2.45) is 5.92 Å². The molecular weight excluding hydrogens is 312 g/mol. The summed E-state index contributed by atoms with van der Waals surface area (Å²) < 4.78 is 10.4. The van der Waals surface area contributed by atoms with Gasteiger partial charge in [0.15, 0.2) is 5.76 Å². The number of rotatable bonds is 5. The van der Waals surface area contributed by atoms with Gasteiger partial charge in [-0.3, -0.25) is 14.6 Å². The summed E-state index contributed by atoms with van der Waals surface area (Å²) in [5.74, 6) is -1.37. The normalized spacial score (nSPS) is 20.3. The Labute approximate surface area is 138 Å². The lowest BCUT2D eigenvalue weighted by Crippen LogP contribution is -2.29. The molecule has 0 saturated carbocycles. The van der Waals surface area contributed by atoms with Gasteiger partial charge in [0.2, 0.25) is 0 Å². The zero-order valence-electron chi connectivity index (χ0n) is 13.2. The molecule has 3 rings (SSSR count). The lowest BCUT2D eigenvalue weighted by Gasteiger charge is -2.15. The molecule has 2 atom stereocenters. The number of nitrogens with zero attached hydrogens (tertiary/aromatic N) is 2. The van der Waals surface area contributed by atoms with Gasteiger partial charge in [-0.15, -0.1) is 0 Å². The molecule has 24 heavy (non-hydrogen) atoms. The minimum absolute atomic E-state index is 0.154. The molecule has 7 nitrogen and oxygen atoms in total. The van der Waals surface area contributed by atoms with E-state index in [1.165, 1.54) is 4.90 Å². The molecule has 3 heterocycles. The number of carboxylic acids is 1. The second kappa shape index (κ2) is 6.84. The number of likely N-dealkylation sites (tertiary alicyclic amines) is 1. The number of methoxy groups -OCH3 is 1. The Morgan fingerprint density at radius 2 is 2.04 bits per heavy atom. The molecule has 1 amide bonds. The number of aliphatic carboxylic acids is 1.